The van der Waals surface area contributed by atoms with Crippen molar-refractivity contribution in [2.24, 2.45) is 0 Å². The van der Waals surface area contributed by atoms with Gasteiger partial charge in [0.1, 0.15) is 5.82 Å². The molecule has 0 aliphatic carbocycles. The maximum atomic E-state index is 13.0. The SMILES string of the molecule is Fc1ccc2c(c1)C1CNCC1N2. The molecule has 2 aliphatic rings. The van der Waals surface area contributed by atoms with Gasteiger partial charge in [-0.25, -0.2) is 4.39 Å². The van der Waals surface area contributed by atoms with Crippen molar-refractivity contribution < 1.29 is 4.39 Å². The van der Waals surface area contributed by atoms with Crippen LogP contribution in [0.1, 0.15) is 11.5 Å². The van der Waals surface area contributed by atoms with Crippen LogP contribution in [0.4, 0.5) is 10.1 Å². The minimum absolute atomic E-state index is 0.131. The largest absolute Gasteiger partial charge is 0.380 e. The summed E-state index contributed by atoms with van der Waals surface area (Å²) in [6.45, 7) is 1.95. The first-order valence-electron chi connectivity index (χ1n) is 4.61. The fourth-order valence-electron chi connectivity index (χ4n) is 2.33. The second kappa shape index (κ2) is 2.45. The van der Waals surface area contributed by atoms with Crippen LogP contribution in [-0.4, -0.2) is 19.1 Å². The molecule has 3 heteroatoms. The Morgan fingerprint density at radius 3 is 3.15 bits per heavy atom. The Kier molecular flexibility index (Phi) is 1.38. The molecule has 1 aromatic carbocycles. The van der Waals surface area contributed by atoms with Crippen molar-refractivity contribution in [2.75, 3.05) is 18.4 Å². The third kappa shape index (κ3) is 0.968. The highest BCUT2D eigenvalue weighted by atomic mass is 19.1. The third-order valence-electron chi connectivity index (χ3n) is 2.97. The molecule has 2 N–H and O–H groups in total. The number of halogens is 1. The van der Waals surface area contributed by atoms with E-state index in [0.29, 0.717) is 12.0 Å². The fraction of sp³-hybridized carbons (Fsp3) is 0.400. The second-order valence-corrected chi connectivity index (χ2v) is 3.75. The molecule has 0 amide bonds. The summed E-state index contributed by atoms with van der Waals surface area (Å²) in [5, 5.41) is 6.69. The minimum atomic E-state index is -0.131. The zero-order valence-corrected chi connectivity index (χ0v) is 7.18. The van der Waals surface area contributed by atoms with Crippen LogP contribution in [0, 0.1) is 5.82 Å². The van der Waals surface area contributed by atoms with Gasteiger partial charge in [0.15, 0.2) is 0 Å². The molecule has 2 aliphatic heterocycles. The minimum Gasteiger partial charge on any atom is -0.380 e. The molecule has 2 heterocycles. The van der Waals surface area contributed by atoms with Gasteiger partial charge in [0.05, 0.1) is 0 Å². The average Bonchev–Trinajstić information content (AvgIpc) is 2.64. The van der Waals surface area contributed by atoms with Crippen molar-refractivity contribution in [2.45, 2.75) is 12.0 Å². The van der Waals surface area contributed by atoms with Gasteiger partial charge in [0, 0.05) is 30.7 Å². The molecule has 0 aromatic heterocycles. The van der Waals surface area contributed by atoms with Crippen LogP contribution >= 0.6 is 0 Å². The highest BCUT2D eigenvalue weighted by Crippen LogP contribution is 2.37. The Bertz CT molecular complexity index is 351. The van der Waals surface area contributed by atoms with Gasteiger partial charge in [-0.2, -0.15) is 0 Å². The highest BCUT2D eigenvalue weighted by molar-refractivity contribution is 5.60. The molecule has 0 saturated carbocycles. The van der Waals surface area contributed by atoms with E-state index >= 15 is 0 Å². The first-order valence-corrected chi connectivity index (χ1v) is 4.61. The van der Waals surface area contributed by atoms with Crippen LogP contribution in [0.25, 0.3) is 0 Å². The van der Waals surface area contributed by atoms with Crippen LogP contribution in [0.5, 0.6) is 0 Å². The monoisotopic (exact) mass is 178 g/mol. The summed E-state index contributed by atoms with van der Waals surface area (Å²) in [6, 6.07) is 5.47. The Balaban J connectivity index is 2.09. The predicted molar refractivity (Wildman–Crippen MR) is 49.4 cm³/mol. The van der Waals surface area contributed by atoms with Crippen LogP contribution in [-0.2, 0) is 0 Å². The standard InChI is InChI=1S/C10H11FN2/c11-6-1-2-9-7(3-6)8-4-12-5-10(8)13-9/h1-3,8,10,12-13H,4-5H2. The van der Waals surface area contributed by atoms with Gasteiger partial charge in [-0.1, -0.05) is 0 Å². The third-order valence-corrected chi connectivity index (χ3v) is 2.97. The Morgan fingerprint density at radius 1 is 1.31 bits per heavy atom. The van der Waals surface area contributed by atoms with E-state index in [4.69, 9.17) is 0 Å². The molecule has 3 rings (SSSR count). The molecule has 2 atom stereocenters. The van der Waals surface area contributed by atoms with Crippen molar-refractivity contribution in [3.8, 4) is 0 Å². The summed E-state index contributed by atoms with van der Waals surface area (Å²) in [4.78, 5) is 0. The van der Waals surface area contributed by atoms with Crippen molar-refractivity contribution >= 4 is 5.69 Å². The topological polar surface area (TPSA) is 24.1 Å². The number of hydrogen-bond acceptors (Lipinski definition) is 2. The van der Waals surface area contributed by atoms with Gasteiger partial charge >= 0.3 is 0 Å². The van der Waals surface area contributed by atoms with Gasteiger partial charge in [0.25, 0.3) is 0 Å². The molecule has 1 aromatic rings. The average molecular weight is 178 g/mol. The van der Waals surface area contributed by atoms with E-state index in [1.54, 1.807) is 6.07 Å². The lowest BCUT2D eigenvalue weighted by atomic mass is 9.98. The second-order valence-electron chi connectivity index (χ2n) is 3.75. The number of hydrogen-bond donors (Lipinski definition) is 2. The zero-order chi connectivity index (χ0) is 8.84. The lowest BCUT2D eigenvalue weighted by Gasteiger charge is -2.06. The number of rotatable bonds is 0. The summed E-state index contributed by atoms with van der Waals surface area (Å²) in [7, 11) is 0. The molecule has 0 radical (unpaired) electrons. The van der Waals surface area contributed by atoms with Gasteiger partial charge in [-0.15, -0.1) is 0 Å². The normalized spacial score (nSPS) is 29.6. The number of anilines is 1. The van der Waals surface area contributed by atoms with Gasteiger partial charge in [-0.05, 0) is 23.8 Å². The molecule has 0 spiro atoms. The van der Waals surface area contributed by atoms with Gasteiger partial charge < -0.3 is 10.6 Å². The molecule has 13 heavy (non-hydrogen) atoms. The van der Waals surface area contributed by atoms with E-state index in [2.05, 4.69) is 10.6 Å². The summed E-state index contributed by atoms with van der Waals surface area (Å²) < 4.78 is 13.0. The Labute approximate surface area is 76.1 Å². The predicted octanol–water partition coefficient (Wildman–Crippen LogP) is 1.31. The van der Waals surface area contributed by atoms with Crippen molar-refractivity contribution in [1.29, 1.82) is 0 Å². The smallest absolute Gasteiger partial charge is 0.123 e. The summed E-state index contributed by atoms with van der Waals surface area (Å²) in [5.41, 5.74) is 2.24. The van der Waals surface area contributed by atoms with E-state index in [9.17, 15) is 4.39 Å². The van der Waals surface area contributed by atoms with Gasteiger partial charge in [0.2, 0.25) is 0 Å². The molecular weight excluding hydrogens is 167 g/mol. The molecular formula is C10H11FN2. The van der Waals surface area contributed by atoms with E-state index in [-0.39, 0.29) is 5.82 Å². The first kappa shape index (κ1) is 7.33. The molecule has 68 valence electrons. The number of benzene rings is 1. The van der Waals surface area contributed by atoms with Crippen LogP contribution < -0.4 is 10.6 Å². The van der Waals surface area contributed by atoms with E-state index in [1.807, 2.05) is 6.07 Å². The summed E-state index contributed by atoms with van der Waals surface area (Å²) in [5.74, 6) is 0.332. The van der Waals surface area contributed by atoms with E-state index < -0.39 is 0 Å². The highest BCUT2D eigenvalue weighted by Gasteiger charge is 2.35. The van der Waals surface area contributed by atoms with Crippen molar-refractivity contribution in [1.82, 2.24) is 5.32 Å². The van der Waals surface area contributed by atoms with E-state index in [1.165, 1.54) is 6.07 Å². The number of fused-ring (bicyclic) bond motifs is 3. The summed E-state index contributed by atoms with van der Waals surface area (Å²) >= 11 is 0. The van der Waals surface area contributed by atoms with Crippen LogP contribution in [0.15, 0.2) is 18.2 Å². The molecule has 1 saturated heterocycles. The molecule has 2 unspecified atom stereocenters. The molecule has 0 bridgehead atoms. The fourth-order valence-corrected chi connectivity index (χ4v) is 2.33. The lowest BCUT2D eigenvalue weighted by Crippen LogP contribution is -2.20. The number of nitrogens with one attached hydrogen (secondary N) is 2. The van der Waals surface area contributed by atoms with Crippen molar-refractivity contribution in [3.05, 3.63) is 29.6 Å². The quantitative estimate of drug-likeness (QED) is 0.626. The molecule has 2 nitrogen and oxygen atoms in total. The van der Waals surface area contributed by atoms with Gasteiger partial charge in [-0.3, -0.25) is 0 Å². The molecule has 1 fully saturated rings. The van der Waals surface area contributed by atoms with Crippen molar-refractivity contribution in [3.63, 3.8) is 0 Å². The Morgan fingerprint density at radius 2 is 2.23 bits per heavy atom. The lowest BCUT2D eigenvalue weighted by molar-refractivity contribution is 0.623. The van der Waals surface area contributed by atoms with Crippen LogP contribution in [0.2, 0.25) is 0 Å². The maximum absolute atomic E-state index is 13.0. The first-order chi connectivity index (χ1) is 6.34. The Hall–Kier alpha value is -1.09. The summed E-state index contributed by atoms with van der Waals surface area (Å²) in [6.07, 6.45) is 0. The van der Waals surface area contributed by atoms with E-state index in [0.717, 1.165) is 24.3 Å². The zero-order valence-electron chi connectivity index (χ0n) is 7.18. The van der Waals surface area contributed by atoms with Crippen LogP contribution in [0.3, 0.4) is 0 Å². The maximum Gasteiger partial charge on any atom is 0.123 e.